The highest BCUT2D eigenvalue weighted by Crippen LogP contribution is 2.20. The van der Waals surface area contributed by atoms with Crippen LogP contribution in [0.2, 0.25) is 0 Å². The molecule has 94 valence electrons. The van der Waals surface area contributed by atoms with Crippen LogP contribution in [0.15, 0.2) is 30.3 Å². The van der Waals surface area contributed by atoms with Gasteiger partial charge in [-0.05, 0) is 43.3 Å². The van der Waals surface area contributed by atoms with Gasteiger partial charge in [-0.3, -0.25) is 0 Å². The molecular weight excluding hydrogens is 208 g/mol. The summed E-state index contributed by atoms with van der Waals surface area (Å²) in [5.74, 6) is 1.33. The Morgan fingerprint density at radius 3 is 2.82 bits per heavy atom. The molecule has 2 rings (SSSR count). The van der Waals surface area contributed by atoms with Crippen LogP contribution in [-0.4, -0.2) is 31.1 Å². The zero-order valence-electron chi connectivity index (χ0n) is 10.8. The molecule has 17 heavy (non-hydrogen) atoms. The smallest absolute Gasteiger partial charge is 0.00477 e. The van der Waals surface area contributed by atoms with Gasteiger partial charge < -0.3 is 10.6 Å². The van der Waals surface area contributed by atoms with Gasteiger partial charge >= 0.3 is 0 Å². The molecule has 2 N–H and O–H groups in total. The van der Waals surface area contributed by atoms with Gasteiger partial charge in [0.2, 0.25) is 0 Å². The standard InChI is InChI=1S/C15H24N2/c1-13(15-7-3-2-4-8-15)11-17-9-5-6-14(10-16)12-17/h2-4,7-8,13-14H,5-6,9-12,16H2,1H3/t13-,14-/m0/s1. The lowest BCUT2D eigenvalue weighted by molar-refractivity contribution is 0.171. The van der Waals surface area contributed by atoms with Crippen LogP contribution in [0.3, 0.4) is 0 Å². The van der Waals surface area contributed by atoms with E-state index in [1.807, 2.05) is 0 Å². The van der Waals surface area contributed by atoms with Crippen molar-refractivity contribution in [3.05, 3.63) is 35.9 Å². The van der Waals surface area contributed by atoms with Gasteiger partial charge in [0.05, 0.1) is 0 Å². The average Bonchev–Trinajstić information content (AvgIpc) is 2.40. The molecule has 0 bridgehead atoms. The van der Waals surface area contributed by atoms with Crippen LogP contribution in [0.5, 0.6) is 0 Å². The van der Waals surface area contributed by atoms with Gasteiger partial charge in [0.15, 0.2) is 0 Å². The maximum Gasteiger partial charge on any atom is 0.00477 e. The summed E-state index contributed by atoms with van der Waals surface area (Å²) in [7, 11) is 0. The molecule has 0 aliphatic carbocycles. The van der Waals surface area contributed by atoms with Crippen molar-refractivity contribution in [1.82, 2.24) is 4.90 Å². The Morgan fingerprint density at radius 2 is 2.12 bits per heavy atom. The van der Waals surface area contributed by atoms with Crippen molar-refractivity contribution < 1.29 is 0 Å². The molecule has 0 radical (unpaired) electrons. The summed E-state index contributed by atoms with van der Waals surface area (Å²) in [4.78, 5) is 2.58. The second-order valence-electron chi connectivity index (χ2n) is 5.32. The Hall–Kier alpha value is -0.860. The summed E-state index contributed by atoms with van der Waals surface area (Å²) >= 11 is 0. The Labute approximate surface area is 105 Å². The summed E-state index contributed by atoms with van der Waals surface area (Å²) in [6, 6.07) is 10.8. The molecule has 2 nitrogen and oxygen atoms in total. The fourth-order valence-corrected chi connectivity index (χ4v) is 2.78. The molecule has 1 aromatic rings. The number of hydrogen-bond acceptors (Lipinski definition) is 2. The van der Waals surface area contributed by atoms with Gasteiger partial charge in [0, 0.05) is 13.1 Å². The van der Waals surface area contributed by atoms with Crippen LogP contribution in [0.25, 0.3) is 0 Å². The van der Waals surface area contributed by atoms with E-state index in [1.165, 1.54) is 38.0 Å². The van der Waals surface area contributed by atoms with Gasteiger partial charge in [-0.25, -0.2) is 0 Å². The Kier molecular flexibility index (Phi) is 4.57. The SMILES string of the molecule is C[C@@H](CN1CCC[C@@H](CN)C1)c1ccccc1. The van der Waals surface area contributed by atoms with E-state index in [1.54, 1.807) is 0 Å². The summed E-state index contributed by atoms with van der Waals surface area (Å²) in [5, 5.41) is 0. The predicted octanol–water partition coefficient (Wildman–Crippen LogP) is 2.46. The van der Waals surface area contributed by atoms with Gasteiger partial charge in [0.1, 0.15) is 0 Å². The molecule has 1 fully saturated rings. The summed E-state index contributed by atoms with van der Waals surface area (Å²) < 4.78 is 0. The molecule has 1 aromatic carbocycles. The molecule has 0 unspecified atom stereocenters. The summed E-state index contributed by atoms with van der Waals surface area (Å²) in [6.45, 7) is 6.76. The zero-order valence-corrected chi connectivity index (χ0v) is 10.8. The van der Waals surface area contributed by atoms with Crippen molar-refractivity contribution in [1.29, 1.82) is 0 Å². The number of benzene rings is 1. The third-order valence-electron chi connectivity index (χ3n) is 3.84. The second-order valence-corrected chi connectivity index (χ2v) is 5.32. The van der Waals surface area contributed by atoms with Crippen LogP contribution >= 0.6 is 0 Å². The first-order chi connectivity index (χ1) is 8.29. The number of hydrogen-bond donors (Lipinski definition) is 1. The van der Waals surface area contributed by atoms with E-state index in [-0.39, 0.29) is 0 Å². The molecule has 1 aliphatic heterocycles. The molecule has 0 saturated carbocycles. The maximum absolute atomic E-state index is 5.78. The minimum atomic E-state index is 0.618. The van der Waals surface area contributed by atoms with Crippen LogP contribution < -0.4 is 5.73 Å². The lowest BCUT2D eigenvalue weighted by Gasteiger charge is -2.33. The third-order valence-corrected chi connectivity index (χ3v) is 3.84. The fraction of sp³-hybridized carbons (Fsp3) is 0.600. The second kappa shape index (κ2) is 6.18. The van der Waals surface area contributed by atoms with Crippen molar-refractivity contribution in [2.45, 2.75) is 25.7 Å². The monoisotopic (exact) mass is 232 g/mol. The van der Waals surface area contributed by atoms with E-state index in [9.17, 15) is 0 Å². The normalized spacial score (nSPS) is 23.5. The Morgan fingerprint density at radius 1 is 1.35 bits per heavy atom. The quantitative estimate of drug-likeness (QED) is 0.864. The molecule has 2 atom stereocenters. The number of nitrogens with zero attached hydrogens (tertiary/aromatic N) is 1. The molecule has 1 aliphatic rings. The average molecular weight is 232 g/mol. The largest absolute Gasteiger partial charge is 0.330 e. The van der Waals surface area contributed by atoms with E-state index >= 15 is 0 Å². The minimum Gasteiger partial charge on any atom is -0.330 e. The fourth-order valence-electron chi connectivity index (χ4n) is 2.78. The number of rotatable bonds is 4. The van der Waals surface area contributed by atoms with Gasteiger partial charge in [0.25, 0.3) is 0 Å². The lowest BCUT2D eigenvalue weighted by Crippen LogP contribution is -2.40. The molecular formula is C15H24N2. The first-order valence-electron chi connectivity index (χ1n) is 6.77. The Bertz CT molecular complexity index is 323. The van der Waals surface area contributed by atoms with Crippen molar-refractivity contribution in [3.8, 4) is 0 Å². The van der Waals surface area contributed by atoms with Crippen molar-refractivity contribution >= 4 is 0 Å². The van der Waals surface area contributed by atoms with Gasteiger partial charge in [-0.1, -0.05) is 37.3 Å². The van der Waals surface area contributed by atoms with Crippen LogP contribution in [-0.2, 0) is 0 Å². The van der Waals surface area contributed by atoms with Crippen LogP contribution in [0, 0.1) is 5.92 Å². The molecule has 1 heterocycles. The van der Waals surface area contributed by atoms with Crippen molar-refractivity contribution in [2.75, 3.05) is 26.2 Å². The van der Waals surface area contributed by atoms with Gasteiger partial charge in [-0.15, -0.1) is 0 Å². The van der Waals surface area contributed by atoms with Crippen LogP contribution in [0.4, 0.5) is 0 Å². The van der Waals surface area contributed by atoms with E-state index in [2.05, 4.69) is 42.2 Å². The maximum atomic E-state index is 5.78. The predicted molar refractivity (Wildman–Crippen MR) is 73.1 cm³/mol. The zero-order chi connectivity index (χ0) is 12.1. The van der Waals surface area contributed by atoms with Crippen molar-refractivity contribution in [2.24, 2.45) is 11.7 Å². The molecule has 0 aromatic heterocycles. The lowest BCUT2D eigenvalue weighted by atomic mass is 9.95. The van der Waals surface area contributed by atoms with E-state index in [0.29, 0.717) is 11.8 Å². The topological polar surface area (TPSA) is 29.3 Å². The summed E-state index contributed by atoms with van der Waals surface area (Å²) in [6.07, 6.45) is 2.62. The first-order valence-corrected chi connectivity index (χ1v) is 6.77. The Balaban J connectivity index is 1.88. The molecule has 1 saturated heterocycles. The molecule has 2 heteroatoms. The van der Waals surface area contributed by atoms with Crippen LogP contribution in [0.1, 0.15) is 31.2 Å². The number of likely N-dealkylation sites (tertiary alicyclic amines) is 1. The number of nitrogens with two attached hydrogens (primary N) is 1. The van der Waals surface area contributed by atoms with E-state index in [4.69, 9.17) is 5.73 Å². The van der Waals surface area contributed by atoms with E-state index < -0.39 is 0 Å². The van der Waals surface area contributed by atoms with Gasteiger partial charge in [-0.2, -0.15) is 0 Å². The highest BCUT2D eigenvalue weighted by atomic mass is 15.1. The number of piperidine rings is 1. The highest BCUT2D eigenvalue weighted by Gasteiger charge is 2.20. The van der Waals surface area contributed by atoms with E-state index in [0.717, 1.165) is 6.54 Å². The highest BCUT2D eigenvalue weighted by molar-refractivity contribution is 5.19. The summed E-state index contributed by atoms with van der Waals surface area (Å²) in [5.41, 5.74) is 7.23. The third kappa shape index (κ3) is 3.55. The first kappa shape index (κ1) is 12.6. The minimum absolute atomic E-state index is 0.618. The molecule has 0 amide bonds. The molecule has 0 spiro atoms. The van der Waals surface area contributed by atoms with Crippen molar-refractivity contribution in [3.63, 3.8) is 0 Å².